The molecule has 0 bridgehead atoms. The van der Waals surface area contributed by atoms with Crippen molar-refractivity contribution >= 4 is 28.4 Å². The number of aromatic nitrogens is 1. The zero-order valence-electron chi connectivity index (χ0n) is 12.9. The first kappa shape index (κ1) is 15.4. The molecule has 0 saturated carbocycles. The van der Waals surface area contributed by atoms with Crippen LogP contribution in [0.25, 0.3) is 22.0 Å². The molecule has 1 heterocycles. The monoisotopic (exact) mass is 328 g/mol. The normalized spacial score (nSPS) is 11.1. The Balaban J connectivity index is 2.33. The molecule has 0 atom stereocenters. The largest absolute Gasteiger partial charge is 0.490 e. The molecule has 2 aromatic carbocycles. The van der Waals surface area contributed by atoms with Crippen LogP contribution >= 0.6 is 11.6 Å². The molecule has 5 heteroatoms. The molecule has 4 nitrogen and oxygen atoms in total. The number of amides is 1. The third-order valence-electron chi connectivity index (χ3n) is 3.53. The van der Waals surface area contributed by atoms with Gasteiger partial charge >= 0.3 is 0 Å². The number of ether oxygens (including phenoxy) is 1. The lowest BCUT2D eigenvalue weighted by molar-refractivity contribution is 0.0997. The van der Waals surface area contributed by atoms with Crippen molar-refractivity contribution in [2.45, 2.75) is 20.0 Å². The number of aromatic amines is 1. The molecule has 23 heavy (non-hydrogen) atoms. The van der Waals surface area contributed by atoms with Crippen molar-refractivity contribution in [1.29, 1.82) is 0 Å². The molecular formula is C18H17ClN2O2. The standard InChI is InChI=1S/C18H17ClN2O2/c1-10(2)23-15-6-4-3-5-12(15)16-13-9-11(19)7-8-14(13)21-17(16)18(20)22/h3-10,21H,1-2H3,(H2,20,22). The highest BCUT2D eigenvalue weighted by Crippen LogP contribution is 2.39. The van der Waals surface area contributed by atoms with Crippen LogP contribution < -0.4 is 10.5 Å². The fraction of sp³-hybridized carbons (Fsp3) is 0.167. The summed E-state index contributed by atoms with van der Waals surface area (Å²) in [5, 5.41) is 1.43. The van der Waals surface area contributed by atoms with Crippen LogP contribution in [0.4, 0.5) is 0 Å². The van der Waals surface area contributed by atoms with Gasteiger partial charge in [0.2, 0.25) is 0 Å². The van der Waals surface area contributed by atoms with E-state index in [0.29, 0.717) is 22.0 Å². The van der Waals surface area contributed by atoms with Crippen LogP contribution in [0.15, 0.2) is 42.5 Å². The molecule has 0 radical (unpaired) electrons. The molecule has 0 unspecified atom stereocenters. The lowest BCUT2D eigenvalue weighted by Crippen LogP contribution is -2.13. The van der Waals surface area contributed by atoms with E-state index in [1.165, 1.54) is 0 Å². The molecule has 3 N–H and O–H groups in total. The second-order valence-corrected chi connectivity index (χ2v) is 6.03. The highest BCUT2D eigenvalue weighted by Gasteiger charge is 2.20. The number of rotatable bonds is 4. The van der Waals surface area contributed by atoms with E-state index in [2.05, 4.69) is 4.98 Å². The van der Waals surface area contributed by atoms with Gasteiger partial charge in [-0.05, 0) is 38.1 Å². The minimum absolute atomic E-state index is 0.0157. The fourth-order valence-corrected chi connectivity index (χ4v) is 2.83. The fourth-order valence-electron chi connectivity index (χ4n) is 2.66. The maximum atomic E-state index is 11.9. The lowest BCUT2D eigenvalue weighted by Gasteiger charge is -2.14. The number of para-hydroxylation sites is 1. The molecule has 0 spiro atoms. The number of hydrogen-bond donors (Lipinski definition) is 2. The second kappa shape index (κ2) is 5.97. The number of fused-ring (bicyclic) bond motifs is 1. The molecular weight excluding hydrogens is 312 g/mol. The number of hydrogen-bond acceptors (Lipinski definition) is 2. The first-order valence-corrected chi connectivity index (χ1v) is 7.72. The highest BCUT2D eigenvalue weighted by atomic mass is 35.5. The van der Waals surface area contributed by atoms with Crippen molar-refractivity contribution in [3.63, 3.8) is 0 Å². The molecule has 1 amide bonds. The quantitative estimate of drug-likeness (QED) is 0.746. The molecule has 0 aliphatic rings. The smallest absolute Gasteiger partial charge is 0.265 e. The minimum atomic E-state index is -0.522. The Morgan fingerprint density at radius 3 is 2.65 bits per heavy atom. The van der Waals surface area contributed by atoms with Gasteiger partial charge in [-0.2, -0.15) is 0 Å². The predicted octanol–water partition coefficient (Wildman–Crippen LogP) is 4.37. The second-order valence-electron chi connectivity index (χ2n) is 5.59. The van der Waals surface area contributed by atoms with Crippen LogP contribution in [0.3, 0.4) is 0 Å². The van der Waals surface area contributed by atoms with Gasteiger partial charge in [0.25, 0.3) is 5.91 Å². The Labute approximate surface area is 139 Å². The van der Waals surface area contributed by atoms with Crippen LogP contribution in [0.1, 0.15) is 24.3 Å². The van der Waals surface area contributed by atoms with E-state index in [1.54, 1.807) is 6.07 Å². The number of carbonyl (C=O) groups excluding carboxylic acids is 1. The lowest BCUT2D eigenvalue weighted by atomic mass is 10.0. The summed E-state index contributed by atoms with van der Waals surface area (Å²) >= 11 is 6.13. The molecule has 3 rings (SSSR count). The van der Waals surface area contributed by atoms with Gasteiger partial charge in [0.05, 0.1) is 6.10 Å². The van der Waals surface area contributed by atoms with Crippen molar-refractivity contribution in [3.8, 4) is 16.9 Å². The Bertz CT molecular complexity index is 884. The molecule has 118 valence electrons. The maximum Gasteiger partial charge on any atom is 0.265 e. The summed E-state index contributed by atoms with van der Waals surface area (Å²) in [6, 6.07) is 13.0. The van der Waals surface area contributed by atoms with Crippen molar-refractivity contribution in [3.05, 3.63) is 53.2 Å². The average Bonchev–Trinajstić information content (AvgIpc) is 2.86. The topological polar surface area (TPSA) is 68.1 Å². The van der Waals surface area contributed by atoms with Gasteiger partial charge in [-0.15, -0.1) is 0 Å². The Kier molecular flexibility index (Phi) is 4.01. The molecule has 0 aliphatic carbocycles. The summed E-state index contributed by atoms with van der Waals surface area (Å²) in [5.41, 5.74) is 8.24. The summed E-state index contributed by atoms with van der Waals surface area (Å²) in [6.07, 6.45) is 0.0157. The molecule has 0 saturated heterocycles. The van der Waals surface area contributed by atoms with Crippen molar-refractivity contribution in [2.75, 3.05) is 0 Å². The molecule has 0 aliphatic heterocycles. The first-order valence-electron chi connectivity index (χ1n) is 7.34. The predicted molar refractivity (Wildman–Crippen MR) is 93.0 cm³/mol. The van der Waals surface area contributed by atoms with Gasteiger partial charge in [0.1, 0.15) is 11.4 Å². The van der Waals surface area contributed by atoms with Gasteiger partial charge in [-0.25, -0.2) is 0 Å². The molecule has 3 aromatic rings. The minimum Gasteiger partial charge on any atom is -0.490 e. The van der Waals surface area contributed by atoms with Gasteiger partial charge in [-0.3, -0.25) is 4.79 Å². The SMILES string of the molecule is CC(C)Oc1ccccc1-c1c(C(N)=O)[nH]c2ccc(Cl)cc12. The van der Waals surface area contributed by atoms with Gasteiger partial charge in [0, 0.05) is 27.1 Å². The summed E-state index contributed by atoms with van der Waals surface area (Å²) < 4.78 is 5.88. The Hall–Kier alpha value is -2.46. The van der Waals surface area contributed by atoms with Crippen LogP contribution in [-0.4, -0.2) is 17.0 Å². The van der Waals surface area contributed by atoms with Gasteiger partial charge in [0.15, 0.2) is 0 Å². The summed E-state index contributed by atoms with van der Waals surface area (Å²) in [4.78, 5) is 15.0. The van der Waals surface area contributed by atoms with Crippen molar-refractivity contribution in [2.24, 2.45) is 5.73 Å². The third kappa shape index (κ3) is 2.90. The number of benzene rings is 2. The molecule has 1 aromatic heterocycles. The number of carbonyl (C=O) groups is 1. The van der Waals surface area contributed by atoms with Crippen LogP contribution in [0, 0.1) is 0 Å². The van der Waals surface area contributed by atoms with E-state index >= 15 is 0 Å². The van der Waals surface area contributed by atoms with E-state index in [9.17, 15) is 4.79 Å². The summed E-state index contributed by atoms with van der Waals surface area (Å²) in [6.45, 7) is 3.91. The van der Waals surface area contributed by atoms with E-state index in [0.717, 1.165) is 16.5 Å². The maximum absolute atomic E-state index is 11.9. The highest BCUT2D eigenvalue weighted by molar-refractivity contribution is 6.31. The Morgan fingerprint density at radius 1 is 1.22 bits per heavy atom. The summed E-state index contributed by atoms with van der Waals surface area (Å²) in [7, 11) is 0. The third-order valence-corrected chi connectivity index (χ3v) is 3.76. The van der Waals surface area contributed by atoms with Crippen molar-refractivity contribution < 1.29 is 9.53 Å². The Morgan fingerprint density at radius 2 is 1.96 bits per heavy atom. The number of primary amides is 1. The van der Waals surface area contributed by atoms with Crippen LogP contribution in [-0.2, 0) is 0 Å². The van der Waals surface area contributed by atoms with Crippen LogP contribution in [0.2, 0.25) is 5.02 Å². The average molecular weight is 329 g/mol. The van der Waals surface area contributed by atoms with Crippen molar-refractivity contribution in [1.82, 2.24) is 4.98 Å². The summed E-state index contributed by atoms with van der Waals surface area (Å²) in [5.74, 6) is 0.178. The molecule has 0 fully saturated rings. The first-order chi connectivity index (χ1) is 11.0. The number of nitrogens with one attached hydrogen (secondary N) is 1. The van der Waals surface area contributed by atoms with Gasteiger partial charge in [-0.1, -0.05) is 29.8 Å². The van der Waals surface area contributed by atoms with E-state index in [-0.39, 0.29) is 6.10 Å². The van der Waals surface area contributed by atoms with Gasteiger partial charge < -0.3 is 15.5 Å². The van der Waals surface area contributed by atoms with Crippen LogP contribution in [0.5, 0.6) is 5.75 Å². The number of halogens is 1. The zero-order valence-corrected chi connectivity index (χ0v) is 13.6. The number of nitrogens with two attached hydrogens (primary N) is 1. The van der Waals surface area contributed by atoms with E-state index < -0.39 is 5.91 Å². The zero-order chi connectivity index (χ0) is 16.6. The van der Waals surface area contributed by atoms with E-state index in [4.69, 9.17) is 22.1 Å². The number of H-pyrrole nitrogens is 1. The van der Waals surface area contributed by atoms with E-state index in [1.807, 2.05) is 50.2 Å².